The van der Waals surface area contributed by atoms with E-state index in [2.05, 4.69) is 24.3 Å². The minimum absolute atomic E-state index is 0.152. The van der Waals surface area contributed by atoms with Gasteiger partial charge in [-0.1, -0.05) is 23.7 Å². The van der Waals surface area contributed by atoms with Crippen LogP contribution in [0.2, 0.25) is 5.02 Å². The third-order valence-corrected chi connectivity index (χ3v) is 6.91. The Bertz CT molecular complexity index is 869. The van der Waals surface area contributed by atoms with E-state index in [1.54, 1.807) is 7.11 Å². The van der Waals surface area contributed by atoms with E-state index in [1.807, 2.05) is 12.1 Å². The molecule has 1 aliphatic rings. The van der Waals surface area contributed by atoms with Gasteiger partial charge in [0.05, 0.1) is 17.7 Å². The first-order valence-electron chi connectivity index (χ1n) is 6.19. The van der Waals surface area contributed by atoms with Gasteiger partial charge in [0.1, 0.15) is 0 Å². The van der Waals surface area contributed by atoms with Gasteiger partial charge in [0.15, 0.2) is 15.9 Å². The lowest BCUT2D eigenvalue weighted by Crippen LogP contribution is -3.61. The van der Waals surface area contributed by atoms with Crippen LogP contribution in [0.5, 0.6) is 5.75 Å². The predicted molar refractivity (Wildman–Crippen MR) is 76.6 cm³/mol. The second-order valence-corrected chi connectivity index (χ2v) is 8.97. The van der Waals surface area contributed by atoms with E-state index in [0.717, 1.165) is 10.8 Å². The number of hydrogen-bond acceptors (Lipinski definition) is 4. The van der Waals surface area contributed by atoms with Crippen LogP contribution in [0.3, 0.4) is 0 Å². The Labute approximate surface area is 151 Å². The SMILES string of the molecule is COc1ccc(Cl)c2c1[I+]c1ccccc1-2.O=S(=O)([O-])C(F)(F)F. The van der Waals surface area contributed by atoms with E-state index in [9.17, 15) is 13.2 Å². The van der Waals surface area contributed by atoms with Crippen LogP contribution in [0.25, 0.3) is 11.1 Å². The summed E-state index contributed by atoms with van der Waals surface area (Å²) < 4.78 is 67.1. The first-order valence-corrected chi connectivity index (χ1v) is 10.1. The fourth-order valence-electron chi connectivity index (χ4n) is 1.88. The summed E-state index contributed by atoms with van der Waals surface area (Å²) in [4.78, 5) is 0. The summed E-state index contributed by atoms with van der Waals surface area (Å²) >= 11 is 6.14. The molecule has 0 saturated heterocycles. The minimum atomic E-state index is -6.09. The van der Waals surface area contributed by atoms with Gasteiger partial charge in [-0.2, -0.15) is 13.2 Å². The van der Waals surface area contributed by atoms with Crippen LogP contribution in [0.4, 0.5) is 13.2 Å². The highest BCUT2D eigenvalue weighted by Gasteiger charge is 2.38. The minimum Gasteiger partial charge on any atom is -0.741 e. The number of halogens is 5. The van der Waals surface area contributed by atoms with E-state index in [0.29, 0.717) is 0 Å². The molecule has 0 saturated carbocycles. The van der Waals surface area contributed by atoms with Gasteiger partial charge in [-0.15, -0.1) is 0 Å². The monoisotopic (exact) mass is 492 g/mol. The zero-order valence-electron chi connectivity index (χ0n) is 11.9. The van der Waals surface area contributed by atoms with Gasteiger partial charge >= 0.3 is 26.7 Å². The normalized spacial score (nSPS) is 12.8. The molecule has 10 heteroatoms. The van der Waals surface area contributed by atoms with Crippen molar-refractivity contribution in [2.45, 2.75) is 5.51 Å². The molecule has 24 heavy (non-hydrogen) atoms. The van der Waals surface area contributed by atoms with Crippen molar-refractivity contribution in [1.82, 2.24) is 0 Å². The molecule has 0 unspecified atom stereocenters. The molecule has 0 aliphatic carbocycles. The van der Waals surface area contributed by atoms with Crippen LogP contribution < -0.4 is 25.9 Å². The van der Waals surface area contributed by atoms with E-state index in [4.69, 9.17) is 29.3 Å². The van der Waals surface area contributed by atoms with Gasteiger partial charge in [-0.25, -0.2) is 8.42 Å². The van der Waals surface area contributed by atoms with E-state index < -0.39 is 15.6 Å². The summed E-state index contributed by atoms with van der Waals surface area (Å²) in [6.45, 7) is 0. The van der Waals surface area contributed by atoms with Crippen LogP contribution >= 0.6 is 11.6 Å². The molecule has 3 rings (SSSR count). The Balaban J connectivity index is 0.000000224. The number of fused-ring (bicyclic) bond motifs is 3. The van der Waals surface area contributed by atoms with E-state index in [1.165, 1.54) is 18.3 Å². The summed E-state index contributed by atoms with van der Waals surface area (Å²) in [6, 6.07) is 12.4. The molecular formula is C14H9ClF3IO4S. The Hall–Kier alpha value is -1.04. The van der Waals surface area contributed by atoms with E-state index in [-0.39, 0.29) is 21.2 Å². The van der Waals surface area contributed by atoms with Crippen LogP contribution in [0, 0.1) is 7.14 Å². The standard InChI is InChI=1S/C13H9ClIO.CHF3O3S/c1-16-11-7-6-9(14)12-8-4-2-3-5-10(8)15-13(11)12;2-1(3,4)8(5,6)7/h2-7H,1H3;(H,5,6,7)/q+1;/p-1. The molecule has 0 N–H and O–H groups in total. The summed E-state index contributed by atoms with van der Waals surface area (Å²) in [5.41, 5.74) is -3.17. The van der Waals surface area contributed by atoms with Crippen molar-refractivity contribution in [3.63, 3.8) is 0 Å². The molecule has 0 amide bonds. The topological polar surface area (TPSA) is 66.4 Å². The third-order valence-electron chi connectivity index (χ3n) is 2.90. The Kier molecular flexibility index (Phi) is 5.68. The van der Waals surface area contributed by atoms with Gasteiger partial charge < -0.3 is 9.29 Å². The Morgan fingerprint density at radius 2 is 1.75 bits per heavy atom. The zero-order valence-corrected chi connectivity index (χ0v) is 15.6. The summed E-state index contributed by atoms with van der Waals surface area (Å²) in [5.74, 6) is 0.975. The van der Waals surface area contributed by atoms with Gasteiger partial charge in [0.2, 0.25) is 7.14 Å². The maximum atomic E-state index is 10.7. The number of methoxy groups -OCH3 is 1. The number of ether oxygens (including phenoxy) is 1. The Morgan fingerprint density at radius 3 is 2.29 bits per heavy atom. The summed E-state index contributed by atoms with van der Waals surface area (Å²) in [7, 11) is -4.37. The smallest absolute Gasteiger partial charge is 0.485 e. The van der Waals surface area contributed by atoms with Crippen molar-refractivity contribution in [1.29, 1.82) is 0 Å². The van der Waals surface area contributed by atoms with Crippen molar-refractivity contribution >= 4 is 21.7 Å². The number of rotatable bonds is 1. The Morgan fingerprint density at radius 1 is 1.17 bits per heavy atom. The molecule has 2 aromatic rings. The lowest BCUT2D eigenvalue weighted by molar-refractivity contribution is -0.590. The van der Waals surface area contributed by atoms with Crippen molar-refractivity contribution in [3.05, 3.63) is 48.6 Å². The molecule has 130 valence electrons. The van der Waals surface area contributed by atoms with Crippen LogP contribution in [-0.2, 0) is 10.1 Å². The molecule has 0 spiro atoms. The fraction of sp³-hybridized carbons (Fsp3) is 0.143. The summed E-state index contributed by atoms with van der Waals surface area (Å²) in [6.07, 6.45) is 0. The maximum absolute atomic E-state index is 10.7. The van der Waals surface area contributed by atoms with Crippen molar-refractivity contribution < 1.29 is 52.1 Å². The molecule has 4 nitrogen and oxygen atoms in total. The van der Waals surface area contributed by atoms with Gasteiger partial charge in [-0.3, -0.25) is 0 Å². The predicted octanol–water partition coefficient (Wildman–Crippen LogP) is 0.509. The molecule has 0 fully saturated rings. The van der Waals surface area contributed by atoms with Crippen LogP contribution in [0.15, 0.2) is 36.4 Å². The molecule has 0 bridgehead atoms. The van der Waals surface area contributed by atoms with Crippen molar-refractivity contribution in [3.8, 4) is 16.9 Å². The first-order chi connectivity index (χ1) is 11.1. The average molecular weight is 493 g/mol. The average Bonchev–Trinajstić information content (AvgIpc) is 2.86. The number of benzene rings is 2. The number of alkyl halides is 3. The van der Waals surface area contributed by atoms with Crippen molar-refractivity contribution in [2.75, 3.05) is 7.11 Å². The molecule has 0 radical (unpaired) electrons. The highest BCUT2D eigenvalue weighted by Crippen LogP contribution is 2.33. The molecule has 0 aromatic heterocycles. The molecule has 2 aromatic carbocycles. The highest BCUT2D eigenvalue weighted by atomic mass is 127. The van der Waals surface area contributed by atoms with Gasteiger partial charge in [0, 0.05) is 5.56 Å². The van der Waals surface area contributed by atoms with Gasteiger partial charge in [-0.05, 0) is 24.3 Å². The highest BCUT2D eigenvalue weighted by molar-refractivity contribution is 7.86. The third kappa shape index (κ3) is 3.95. The molecule has 1 heterocycles. The lowest BCUT2D eigenvalue weighted by atomic mass is 10.1. The maximum Gasteiger partial charge on any atom is 0.485 e. The zero-order chi connectivity index (χ0) is 18.1. The van der Waals surface area contributed by atoms with Crippen LogP contribution in [-0.4, -0.2) is 25.6 Å². The van der Waals surface area contributed by atoms with Crippen molar-refractivity contribution in [2.24, 2.45) is 0 Å². The molecule has 0 atom stereocenters. The van der Waals surface area contributed by atoms with E-state index >= 15 is 0 Å². The summed E-state index contributed by atoms with van der Waals surface area (Å²) in [5, 5.41) is 0.834. The quantitative estimate of drug-likeness (QED) is 0.282. The number of hydrogen-bond donors (Lipinski definition) is 0. The largest absolute Gasteiger partial charge is 0.741 e. The molecular weight excluding hydrogens is 484 g/mol. The van der Waals surface area contributed by atoms with Crippen LogP contribution in [0.1, 0.15) is 0 Å². The van der Waals surface area contributed by atoms with Gasteiger partial charge in [0.25, 0.3) is 0 Å². The molecule has 1 aliphatic heterocycles. The second-order valence-electron chi connectivity index (χ2n) is 4.41. The second kappa shape index (κ2) is 7.06. The fourth-order valence-corrected chi connectivity index (χ4v) is 5.52. The first kappa shape index (κ1) is 19.3. The lowest BCUT2D eigenvalue weighted by Gasteiger charge is -2.08.